The summed E-state index contributed by atoms with van der Waals surface area (Å²) in [6.07, 6.45) is 1.54. The van der Waals surface area contributed by atoms with Crippen molar-refractivity contribution in [1.29, 1.82) is 0 Å². The Balaban J connectivity index is 1.42. The first-order valence-corrected chi connectivity index (χ1v) is 11.7. The van der Waals surface area contributed by atoms with Crippen LogP contribution in [0.1, 0.15) is 27.2 Å². The molecule has 5 aromatic rings. The van der Waals surface area contributed by atoms with Gasteiger partial charge in [0.1, 0.15) is 16.3 Å². The largest absolute Gasteiger partial charge is 0.467 e. The number of rotatable bonds is 7. The minimum Gasteiger partial charge on any atom is -0.467 e. The lowest BCUT2D eigenvalue weighted by molar-refractivity contribution is 0.0948. The summed E-state index contributed by atoms with van der Waals surface area (Å²) in [7, 11) is 0. The molecule has 0 spiro atoms. The number of hydrogen-bond donors (Lipinski definition) is 1. The van der Waals surface area contributed by atoms with Crippen LogP contribution in [0.5, 0.6) is 0 Å². The minimum atomic E-state index is -0.524. The summed E-state index contributed by atoms with van der Waals surface area (Å²) in [5, 5.41) is 4.51. The monoisotopic (exact) mass is 489 g/mol. The molecule has 0 aliphatic carbocycles. The van der Waals surface area contributed by atoms with E-state index in [2.05, 4.69) is 5.32 Å². The van der Waals surface area contributed by atoms with Crippen LogP contribution in [0.15, 0.2) is 92.4 Å². The molecule has 0 saturated carbocycles. The number of carbonyl (C=O) groups excluding carboxylic acids is 1. The van der Waals surface area contributed by atoms with E-state index >= 15 is 0 Å². The number of nitrogens with one attached hydrogen (secondary N) is 1. The Bertz CT molecular complexity index is 1620. The van der Waals surface area contributed by atoms with Crippen molar-refractivity contribution < 1.29 is 13.6 Å². The standard InChI is InChI=1S/C26H20FN3O4S/c27-21-6-2-1-4-19(21)16-29-22-11-13-35-23(22)25(32)30(26(29)33)15-17-7-9-18(10-8-17)24(31)28-14-20-5-3-12-34-20/h1-13H,14-16H2,(H,28,31). The lowest BCUT2D eigenvalue weighted by Crippen LogP contribution is -2.40. The van der Waals surface area contributed by atoms with E-state index in [1.807, 2.05) is 0 Å². The van der Waals surface area contributed by atoms with Crippen molar-refractivity contribution in [3.05, 3.63) is 127 Å². The normalized spacial score (nSPS) is 11.1. The highest BCUT2D eigenvalue weighted by molar-refractivity contribution is 7.17. The number of hydrogen-bond acceptors (Lipinski definition) is 5. The first kappa shape index (κ1) is 22.5. The van der Waals surface area contributed by atoms with Gasteiger partial charge in [-0.2, -0.15) is 0 Å². The van der Waals surface area contributed by atoms with E-state index in [1.165, 1.54) is 28.2 Å². The van der Waals surface area contributed by atoms with Gasteiger partial charge in [-0.1, -0.05) is 30.3 Å². The number of nitrogens with zero attached hydrogens (tertiary/aromatic N) is 2. The molecule has 0 aliphatic rings. The van der Waals surface area contributed by atoms with Crippen LogP contribution in [0.2, 0.25) is 0 Å². The first-order valence-electron chi connectivity index (χ1n) is 10.8. The van der Waals surface area contributed by atoms with Crippen molar-refractivity contribution in [3.63, 3.8) is 0 Å². The molecule has 0 fully saturated rings. The van der Waals surface area contributed by atoms with Gasteiger partial charge in [-0.15, -0.1) is 11.3 Å². The molecule has 2 aromatic carbocycles. The van der Waals surface area contributed by atoms with Gasteiger partial charge in [0.2, 0.25) is 0 Å². The number of halogens is 1. The summed E-state index contributed by atoms with van der Waals surface area (Å²) in [6, 6.07) is 18.1. The lowest BCUT2D eigenvalue weighted by Gasteiger charge is -2.13. The molecule has 35 heavy (non-hydrogen) atoms. The molecule has 3 aromatic heterocycles. The smallest absolute Gasteiger partial charge is 0.332 e. The second kappa shape index (κ2) is 9.55. The summed E-state index contributed by atoms with van der Waals surface area (Å²) in [4.78, 5) is 38.8. The Hall–Kier alpha value is -4.24. The Morgan fingerprint density at radius 2 is 1.74 bits per heavy atom. The number of furan rings is 1. The second-order valence-corrected chi connectivity index (χ2v) is 8.86. The summed E-state index contributed by atoms with van der Waals surface area (Å²) < 4.78 is 22.5. The number of benzene rings is 2. The Morgan fingerprint density at radius 1 is 0.943 bits per heavy atom. The van der Waals surface area contributed by atoms with E-state index in [0.717, 1.165) is 4.57 Å². The third-order valence-electron chi connectivity index (χ3n) is 5.68. The quantitative estimate of drug-likeness (QED) is 0.375. The highest BCUT2D eigenvalue weighted by Gasteiger charge is 2.16. The van der Waals surface area contributed by atoms with E-state index in [0.29, 0.717) is 32.7 Å². The number of fused-ring (bicyclic) bond motifs is 1. The van der Waals surface area contributed by atoms with Gasteiger partial charge in [-0.25, -0.2) is 9.18 Å². The minimum absolute atomic E-state index is 0.00774. The van der Waals surface area contributed by atoms with Gasteiger partial charge in [-0.05, 0) is 47.3 Å². The predicted molar refractivity (Wildman–Crippen MR) is 131 cm³/mol. The number of aromatic nitrogens is 2. The summed E-state index contributed by atoms with van der Waals surface area (Å²) in [5.74, 6) is -0.0382. The fourth-order valence-electron chi connectivity index (χ4n) is 3.85. The van der Waals surface area contributed by atoms with Crippen LogP contribution in [0.25, 0.3) is 10.2 Å². The van der Waals surface area contributed by atoms with Crippen LogP contribution in [-0.2, 0) is 19.6 Å². The van der Waals surface area contributed by atoms with E-state index < -0.39 is 17.1 Å². The van der Waals surface area contributed by atoms with Gasteiger partial charge in [-0.3, -0.25) is 18.7 Å². The third kappa shape index (κ3) is 4.58. The maximum Gasteiger partial charge on any atom is 0.332 e. The zero-order valence-electron chi connectivity index (χ0n) is 18.4. The SMILES string of the molecule is O=C(NCc1ccco1)c1ccc(Cn2c(=O)c3sccc3n(Cc3ccccc3F)c2=O)cc1. The molecule has 5 rings (SSSR count). The van der Waals surface area contributed by atoms with Crippen LogP contribution < -0.4 is 16.6 Å². The molecule has 0 radical (unpaired) electrons. The summed E-state index contributed by atoms with van der Waals surface area (Å²) in [6.45, 7) is 0.302. The molecule has 0 atom stereocenters. The molecule has 0 bridgehead atoms. The maximum atomic E-state index is 14.3. The number of amides is 1. The molecular formula is C26H20FN3O4S. The molecule has 0 unspecified atom stereocenters. The average molecular weight is 490 g/mol. The van der Waals surface area contributed by atoms with Gasteiger partial charge >= 0.3 is 5.69 Å². The maximum absolute atomic E-state index is 14.3. The molecule has 3 heterocycles. The van der Waals surface area contributed by atoms with E-state index in [1.54, 1.807) is 66.0 Å². The van der Waals surface area contributed by atoms with Crippen molar-refractivity contribution >= 4 is 27.5 Å². The zero-order valence-corrected chi connectivity index (χ0v) is 19.3. The average Bonchev–Trinajstić information content (AvgIpc) is 3.57. The van der Waals surface area contributed by atoms with Crippen LogP contribution in [-0.4, -0.2) is 15.0 Å². The molecule has 1 N–H and O–H groups in total. The first-order chi connectivity index (χ1) is 17.0. The van der Waals surface area contributed by atoms with Gasteiger partial charge in [0.25, 0.3) is 11.5 Å². The molecule has 7 nitrogen and oxygen atoms in total. The van der Waals surface area contributed by atoms with Gasteiger partial charge in [0, 0.05) is 11.1 Å². The van der Waals surface area contributed by atoms with Crippen LogP contribution in [0.4, 0.5) is 4.39 Å². The van der Waals surface area contributed by atoms with Gasteiger partial charge in [0.05, 0.1) is 31.4 Å². The predicted octanol–water partition coefficient (Wildman–Crippen LogP) is 3.98. The molecular weight excluding hydrogens is 469 g/mol. The van der Waals surface area contributed by atoms with Crippen molar-refractivity contribution in [2.45, 2.75) is 19.6 Å². The van der Waals surface area contributed by atoms with E-state index in [4.69, 9.17) is 4.42 Å². The molecule has 176 valence electrons. The summed E-state index contributed by atoms with van der Waals surface area (Å²) in [5.41, 5.74) is 1.04. The van der Waals surface area contributed by atoms with Crippen LogP contribution in [0.3, 0.4) is 0 Å². The highest BCUT2D eigenvalue weighted by Crippen LogP contribution is 2.18. The van der Waals surface area contributed by atoms with Crippen molar-refractivity contribution in [2.75, 3.05) is 0 Å². The second-order valence-electron chi connectivity index (χ2n) is 7.95. The van der Waals surface area contributed by atoms with Crippen molar-refractivity contribution in [2.24, 2.45) is 0 Å². The van der Waals surface area contributed by atoms with Crippen molar-refractivity contribution in [3.8, 4) is 0 Å². The molecule has 9 heteroatoms. The summed E-state index contributed by atoms with van der Waals surface area (Å²) >= 11 is 1.24. The molecule has 0 saturated heterocycles. The lowest BCUT2D eigenvalue weighted by atomic mass is 10.1. The van der Waals surface area contributed by atoms with E-state index in [9.17, 15) is 18.8 Å². The fraction of sp³-hybridized carbons (Fsp3) is 0.115. The zero-order chi connectivity index (χ0) is 24.4. The van der Waals surface area contributed by atoms with Gasteiger partial charge in [0.15, 0.2) is 0 Å². The Morgan fingerprint density at radius 3 is 2.49 bits per heavy atom. The van der Waals surface area contributed by atoms with Crippen molar-refractivity contribution in [1.82, 2.24) is 14.5 Å². The number of thiophene rings is 1. The fourth-order valence-corrected chi connectivity index (χ4v) is 4.69. The van der Waals surface area contributed by atoms with Crippen LogP contribution in [0, 0.1) is 5.82 Å². The van der Waals surface area contributed by atoms with Gasteiger partial charge < -0.3 is 9.73 Å². The topological polar surface area (TPSA) is 86.2 Å². The number of carbonyl (C=O) groups is 1. The Kier molecular flexibility index (Phi) is 6.15. The third-order valence-corrected chi connectivity index (χ3v) is 6.57. The van der Waals surface area contributed by atoms with E-state index in [-0.39, 0.29) is 25.5 Å². The molecule has 0 aliphatic heterocycles. The highest BCUT2D eigenvalue weighted by atomic mass is 32.1. The Labute approximate surface area is 202 Å². The van der Waals surface area contributed by atoms with Crippen LogP contribution >= 0.6 is 11.3 Å². The molecule has 1 amide bonds.